The summed E-state index contributed by atoms with van der Waals surface area (Å²) < 4.78 is 10.4. The Morgan fingerprint density at radius 3 is 2.64 bits per heavy atom. The molecule has 7 nitrogen and oxygen atoms in total. The summed E-state index contributed by atoms with van der Waals surface area (Å²) in [4.78, 5) is 15.6. The lowest BCUT2D eigenvalue weighted by Gasteiger charge is -2.07. The van der Waals surface area contributed by atoms with Crippen LogP contribution in [0.25, 0.3) is 0 Å². The first-order chi connectivity index (χ1) is 10.2. The topological polar surface area (TPSA) is 89.3 Å². The van der Waals surface area contributed by atoms with Crippen LogP contribution in [-0.2, 0) is 11.4 Å². The van der Waals surface area contributed by atoms with E-state index in [9.17, 15) is 4.79 Å². The molecule has 0 saturated heterocycles. The lowest BCUT2D eigenvalue weighted by Crippen LogP contribution is -2.18. The average molecular weight is 327 g/mol. The predicted molar refractivity (Wildman–Crippen MR) is 84.2 cm³/mol. The molecule has 22 heavy (non-hydrogen) atoms. The maximum absolute atomic E-state index is 11.6. The molecule has 0 aliphatic carbocycles. The second-order valence-corrected chi connectivity index (χ2v) is 4.44. The summed E-state index contributed by atoms with van der Waals surface area (Å²) in [6, 6.07) is 7.13. The molecule has 0 bridgehead atoms. The molecule has 1 heterocycles. The molecule has 0 atom stereocenters. The summed E-state index contributed by atoms with van der Waals surface area (Å²) in [7, 11) is 1.81. The fourth-order valence-corrected chi connectivity index (χ4v) is 1.64. The number of rotatable bonds is 7. The maximum atomic E-state index is 11.6. The van der Waals surface area contributed by atoms with Gasteiger partial charge < -0.3 is 19.9 Å². The summed E-state index contributed by atoms with van der Waals surface area (Å²) in [5.41, 5.74) is 0.735. The number of aromatic nitrogens is 2. The monoisotopic (exact) mass is 326 g/mol. The van der Waals surface area contributed by atoms with Crippen molar-refractivity contribution in [3.05, 3.63) is 36.0 Å². The van der Waals surface area contributed by atoms with Crippen molar-refractivity contribution in [2.24, 2.45) is 0 Å². The quantitative estimate of drug-likeness (QED) is 0.808. The van der Waals surface area contributed by atoms with Crippen molar-refractivity contribution in [1.29, 1.82) is 0 Å². The Hall–Kier alpha value is -2.12. The molecule has 0 fully saturated rings. The van der Waals surface area contributed by atoms with Gasteiger partial charge in [0.25, 0.3) is 0 Å². The molecule has 1 amide bonds. The van der Waals surface area contributed by atoms with E-state index in [0.29, 0.717) is 30.4 Å². The Labute approximate surface area is 134 Å². The summed E-state index contributed by atoms with van der Waals surface area (Å²) in [6.45, 7) is 2.62. The van der Waals surface area contributed by atoms with E-state index in [4.69, 9.17) is 9.26 Å². The Balaban J connectivity index is 0.00000242. The SMILES string of the molecule is CNCCC(=O)Nc1ccc(OCc2noc(C)n2)cc1.Cl. The van der Waals surface area contributed by atoms with Gasteiger partial charge in [0.1, 0.15) is 5.75 Å². The van der Waals surface area contributed by atoms with Gasteiger partial charge in [-0.15, -0.1) is 12.4 Å². The zero-order valence-electron chi connectivity index (χ0n) is 12.5. The van der Waals surface area contributed by atoms with Crippen LogP contribution in [0.4, 0.5) is 5.69 Å². The first-order valence-corrected chi connectivity index (χ1v) is 6.64. The Kier molecular flexibility index (Phi) is 7.34. The van der Waals surface area contributed by atoms with Gasteiger partial charge >= 0.3 is 0 Å². The number of hydrogen-bond acceptors (Lipinski definition) is 6. The third kappa shape index (κ3) is 5.71. The highest BCUT2D eigenvalue weighted by atomic mass is 35.5. The van der Waals surface area contributed by atoms with E-state index in [2.05, 4.69) is 20.8 Å². The van der Waals surface area contributed by atoms with Crippen LogP contribution >= 0.6 is 12.4 Å². The minimum Gasteiger partial charge on any atom is -0.485 e. The number of amides is 1. The molecule has 0 aliphatic rings. The standard InChI is InChI=1S/C14H18N4O3.ClH/c1-10-16-13(18-21-10)9-20-12-5-3-11(4-6-12)17-14(19)7-8-15-2;/h3-6,15H,7-9H2,1-2H3,(H,17,19);1H. The van der Waals surface area contributed by atoms with E-state index in [1.54, 1.807) is 31.2 Å². The van der Waals surface area contributed by atoms with Crippen molar-refractivity contribution < 1.29 is 14.1 Å². The largest absolute Gasteiger partial charge is 0.485 e. The van der Waals surface area contributed by atoms with Crippen LogP contribution in [0, 0.1) is 6.92 Å². The van der Waals surface area contributed by atoms with Crippen LogP contribution in [-0.4, -0.2) is 29.6 Å². The van der Waals surface area contributed by atoms with Gasteiger partial charge in [0, 0.05) is 25.6 Å². The minimum atomic E-state index is -0.0275. The van der Waals surface area contributed by atoms with E-state index >= 15 is 0 Å². The number of benzene rings is 1. The molecule has 2 aromatic rings. The number of anilines is 1. The number of nitrogens with one attached hydrogen (secondary N) is 2. The summed E-state index contributed by atoms with van der Waals surface area (Å²) in [5, 5.41) is 9.48. The van der Waals surface area contributed by atoms with Gasteiger partial charge in [-0.25, -0.2) is 0 Å². The van der Waals surface area contributed by atoms with E-state index in [0.717, 1.165) is 5.69 Å². The number of ether oxygens (including phenoxy) is 1. The van der Waals surface area contributed by atoms with Gasteiger partial charge in [-0.05, 0) is 31.3 Å². The van der Waals surface area contributed by atoms with E-state index < -0.39 is 0 Å². The second-order valence-electron chi connectivity index (χ2n) is 4.44. The molecule has 2 N–H and O–H groups in total. The zero-order chi connectivity index (χ0) is 15.1. The lowest BCUT2D eigenvalue weighted by molar-refractivity contribution is -0.116. The third-order valence-corrected chi connectivity index (χ3v) is 2.68. The molecule has 8 heteroatoms. The number of carbonyl (C=O) groups excluding carboxylic acids is 1. The zero-order valence-corrected chi connectivity index (χ0v) is 13.3. The molecular formula is C14H19ClN4O3. The fraction of sp³-hybridized carbons (Fsp3) is 0.357. The highest BCUT2D eigenvalue weighted by Crippen LogP contribution is 2.16. The van der Waals surface area contributed by atoms with Crippen LogP contribution in [0.5, 0.6) is 5.75 Å². The maximum Gasteiger partial charge on any atom is 0.225 e. The molecular weight excluding hydrogens is 308 g/mol. The highest BCUT2D eigenvalue weighted by molar-refractivity contribution is 5.90. The van der Waals surface area contributed by atoms with Crippen LogP contribution < -0.4 is 15.4 Å². The number of halogens is 1. The van der Waals surface area contributed by atoms with Crippen LogP contribution in [0.15, 0.2) is 28.8 Å². The van der Waals surface area contributed by atoms with Crippen LogP contribution in [0.2, 0.25) is 0 Å². The average Bonchev–Trinajstić information content (AvgIpc) is 2.90. The Morgan fingerprint density at radius 2 is 2.05 bits per heavy atom. The summed E-state index contributed by atoms with van der Waals surface area (Å²) in [5.74, 6) is 1.65. The van der Waals surface area contributed by atoms with E-state index in [1.807, 2.05) is 7.05 Å². The van der Waals surface area contributed by atoms with E-state index in [1.165, 1.54) is 0 Å². The van der Waals surface area contributed by atoms with Gasteiger partial charge in [0.15, 0.2) is 6.61 Å². The van der Waals surface area contributed by atoms with E-state index in [-0.39, 0.29) is 24.9 Å². The van der Waals surface area contributed by atoms with Crippen LogP contribution in [0.1, 0.15) is 18.1 Å². The number of aryl methyl sites for hydroxylation is 1. The smallest absolute Gasteiger partial charge is 0.225 e. The summed E-state index contributed by atoms with van der Waals surface area (Å²) >= 11 is 0. The van der Waals surface area contributed by atoms with Crippen molar-refractivity contribution >= 4 is 24.0 Å². The second kappa shape index (κ2) is 9.01. The first kappa shape index (κ1) is 17.9. The Morgan fingerprint density at radius 1 is 1.32 bits per heavy atom. The van der Waals surface area contributed by atoms with Crippen molar-refractivity contribution in [2.45, 2.75) is 20.0 Å². The molecule has 2 rings (SSSR count). The highest BCUT2D eigenvalue weighted by Gasteiger charge is 2.04. The number of carbonyl (C=O) groups is 1. The van der Waals surface area contributed by atoms with Gasteiger partial charge in [-0.3, -0.25) is 4.79 Å². The minimum absolute atomic E-state index is 0. The normalized spacial score (nSPS) is 9.91. The van der Waals surface area contributed by atoms with Crippen molar-refractivity contribution in [3.63, 3.8) is 0 Å². The van der Waals surface area contributed by atoms with Crippen molar-refractivity contribution in [1.82, 2.24) is 15.5 Å². The molecule has 1 aromatic carbocycles. The summed E-state index contributed by atoms with van der Waals surface area (Å²) in [6.07, 6.45) is 0.436. The predicted octanol–water partition coefficient (Wildman–Crippen LogP) is 1.93. The molecule has 0 radical (unpaired) electrons. The lowest BCUT2D eigenvalue weighted by atomic mass is 10.3. The molecule has 120 valence electrons. The number of hydrogen-bond donors (Lipinski definition) is 2. The number of nitrogens with zero attached hydrogens (tertiary/aromatic N) is 2. The van der Waals surface area contributed by atoms with Gasteiger partial charge in [0.05, 0.1) is 0 Å². The fourth-order valence-electron chi connectivity index (χ4n) is 1.64. The molecule has 0 spiro atoms. The molecule has 0 aliphatic heterocycles. The van der Waals surface area contributed by atoms with Crippen LogP contribution in [0.3, 0.4) is 0 Å². The van der Waals surface area contributed by atoms with Crippen molar-refractivity contribution in [2.75, 3.05) is 18.9 Å². The van der Waals surface area contributed by atoms with Gasteiger partial charge in [0.2, 0.25) is 17.6 Å². The molecule has 0 unspecified atom stereocenters. The third-order valence-electron chi connectivity index (χ3n) is 2.68. The van der Waals surface area contributed by atoms with Gasteiger partial charge in [-0.2, -0.15) is 4.98 Å². The van der Waals surface area contributed by atoms with Crippen molar-refractivity contribution in [3.8, 4) is 5.75 Å². The molecule has 1 aromatic heterocycles. The first-order valence-electron chi connectivity index (χ1n) is 6.64. The Bertz CT molecular complexity index is 586. The molecule has 0 saturated carbocycles. The van der Waals surface area contributed by atoms with Gasteiger partial charge in [-0.1, -0.05) is 5.16 Å².